The third kappa shape index (κ3) is 4.35. The van der Waals surface area contributed by atoms with Crippen LogP contribution in [-0.4, -0.2) is 59.9 Å². The van der Waals surface area contributed by atoms with Crippen LogP contribution < -0.4 is 5.32 Å². The van der Waals surface area contributed by atoms with E-state index < -0.39 is 0 Å². The molecule has 3 unspecified atom stereocenters. The lowest BCUT2D eigenvalue weighted by molar-refractivity contribution is -0.137. The largest absolute Gasteiger partial charge is 0.341 e. The van der Waals surface area contributed by atoms with Crippen LogP contribution in [0.5, 0.6) is 0 Å². The van der Waals surface area contributed by atoms with Gasteiger partial charge in [-0.2, -0.15) is 0 Å². The Labute approximate surface area is 174 Å². The number of carbonyl (C=O) groups excluding carboxylic acids is 2. The maximum absolute atomic E-state index is 13.5. The van der Waals surface area contributed by atoms with E-state index in [2.05, 4.69) is 12.2 Å². The lowest BCUT2D eigenvalue weighted by Gasteiger charge is -2.37. The molecule has 1 aromatic rings. The molecule has 2 aliphatic heterocycles. The van der Waals surface area contributed by atoms with Crippen LogP contribution in [0.3, 0.4) is 0 Å². The maximum Gasteiger partial charge on any atom is 0.254 e. The third-order valence-corrected chi connectivity index (χ3v) is 7.24. The molecule has 0 spiro atoms. The number of rotatable bonds is 5. The van der Waals surface area contributed by atoms with Crippen molar-refractivity contribution in [1.29, 1.82) is 0 Å². The minimum absolute atomic E-state index is 0.0420. The number of hydrogen-bond donors (Lipinski definition) is 1. The highest BCUT2D eigenvalue weighted by Crippen LogP contribution is 2.41. The lowest BCUT2D eigenvalue weighted by Crippen LogP contribution is -2.52. The van der Waals surface area contributed by atoms with Gasteiger partial charge >= 0.3 is 0 Å². The average Bonchev–Trinajstić information content (AvgIpc) is 3.17. The number of benzene rings is 1. The molecule has 3 fully saturated rings. The van der Waals surface area contributed by atoms with Crippen molar-refractivity contribution in [3.05, 3.63) is 35.9 Å². The molecule has 1 N–H and O–H groups in total. The van der Waals surface area contributed by atoms with Crippen LogP contribution in [0.15, 0.2) is 30.3 Å². The summed E-state index contributed by atoms with van der Waals surface area (Å²) in [7, 11) is 0. The van der Waals surface area contributed by atoms with Gasteiger partial charge in [0.15, 0.2) is 0 Å². The Morgan fingerprint density at radius 1 is 1.03 bits per heavy atom. The molecular weight excluding hydrogens is 362 g/mol. The second-order valence-corrected chi connectivity index (χ2v) is 9.02. The predicted octanol–water partition coefficient (Wildman–Crippen LogP) is 3.31. The van der Waals surface area contributed by atoms with Gasteiger partial charge in [0.2, 0.25) is 5.91 Å². The summed E-state index contributed by atoms with van der Waals surface area (Å²) in [5.74, 6) is 1.37. The van der Waals surface area contributed by atoms with Crippen molar-refractivity contribution in [3.8, 4) is 0 Å². The van der Waals surface area contributed by atoms with Gasteiger partial charge in [-0.25, -0.2) is 0 Å². The van der Waals surface area contributed by atoms with Gasteiger partial charge < -0.3 is 15.1 Å². The summed E-state index contributed by atoms with van der Waals surface area (Å²) in [6, 6.07) is 9.47. The summed E-state index contributed by atoms with van der Waals surface area (Å²) in [6.07, 6.45) is 7.55. The lowest BCUT2D eigenvalue weighted by atomic mass is 9.84. The third-order valence-electron chi connectivity index (χ3n) is 7.24. The number of hydrogen-bond acceptors (Lipinski definition) is 3. The number of likely N-dealkylation sites (tertiary alicyclic amines) is 2. The Kier molecular flexibility index (Phi) is 6.53. The number of piperidine rings is 1. The van der Waals surface area contributed by atoms with E-state index in [1.54, 1.807) is 0 Å². The molecule has 0 aromatic heterocycles. The van der Waals surface area contributed by atoms with Crippen molar-refractivity contribution in [2.24, 2.45) is 11.8 Å². The van der Waals surface area contributed by atoms with E-state index in [0.29, 0.717) is 17.4 Å². The van der Waals surface area contributed by atoms with Crippen LogP contribution in [-0.2, 0) is 4.79 Å². The summed E-state index contributed by atoms with van der Waals surface area (Å²) in [4.78, 5) is 31.0. The van der Waals surface area contributed by atoms with Gasteiger partial charge in [0, 0.05) is 24.7 Å². The van der Waals surface area contributed by atoms with Gasteiger partial charge in [0.1, 0.15) is 6.04 Å². The summed E-state index contributed by atoms with van der Waals surface area (Å²) in [5.41, 5.74) is 0.709. The van der Waals surface area contributed by atoms with Crippen molar-refractivity contribution >= 4 is 11.8 Å². The van der Waals surface area contributed by atoms with Crippen LogP contribution in [0.4, 0.5) is 0 Å². The van der Waals surface area contributed by atoms with Gasteiger partial charge in [-0.15, -0.1) is 0 Å². The molecule has 0 bridgehead atoms. The van der Waals surface area contributed by atoms with E-state index in [9.17, 15) is 9.59 Å². The average molecular weight is 398 g/mol. The topological polar surface area (TPSA) is 52.7 Å². The second-order valence-electron chi connectivity index (χ2n) is 9.02. The molecule has 3 atom stereocenters. The minimum atomic E-state index is -0.277. The summed E-state index contributed by atoms with van der Waals surface area (Å²) in [5, 5.41) is 3.43. The SMILES string of the molecule is CCNCC1CCN(C(=O)C2CC3CCCCC3N2C(=O)c2ccccc2)CC1. The van der Waals surface area contributed by atoms with Crippen LogP contribution in [0.25, 0.3) is 0 Å². The Balaban J connectivity index is 1.48. The molecule has 5 heteroatoms. The quantitative estimate of drug-likeness (QED) is 0.829. The highest BCUT2D eigenvalue weighted by molar-refractivity contribution is 5.98. The second kappa shape index (κ2) is 9.29. The summed E-state index contributed by atoms with van der Waals surface area (Å²) < 4.78 is 0. The van der Waals surface area contributed by atoms with E-state index in [4.69, 9.17) is 0 Å². The van der Waals surface area contributed by atoms with E-state index in [0.717, 1.165) is 64.7 Å². The van der Waals surface area contributed by atoms with Gasteiger partial charge in [0.05, 0.1) is 0 Å². The highest BCUT2D eigenvalue weighted by atomic mass is 16.2. The van der Waals surface area contributed by atoms with Crippen LogP contribution >= 0.6 is 0 Å². The molecule has 2 heterocycles. The molecule has 2 amide bonds. The molecule has 0 radical (unpaired) electrons. The number of nitrogens with zero attached hydrogens (tertiary/aromatic N) is 2. The molecule has 158 valence electrons. The molecule has 29 heavy (non-hydrogen) atoms. The minimum Gasteiger partial charge on any atom is -0.341 e. The van der Waals surface area contributed by atoms with Gasteiger partial charge in [-0.3, -0.25) is 9.59 Å². The normalized spacial score (nSPS) is 27.7. The maximum atomic E-state index is 13.5. The number of nitrogens with one attached hydrogen (secondary N) is 1. The number of amides is 2. The van der Waals surface area contributed by atoms with Crippen molar-refractivity contribution in [2.45, 2.75) is 64.0 Å². The van der Waals surface area contributed by atoms with Crippen LogP contribution in [0.1, 0.15) is 62.2 Å². The Morgan fingerprint density at radius 3 is 2.48 bits per heavy atom. The zero-order valence-electron chi connectivity index (χ0n) is 17.7. The van der Waals surface area contributed by atoms with Crippen molar-refractivity contribution in [2.75, 3.05) is 26.2 Å². The van der Waals surface area contributed by atoms with Crippen molar-refractivity contribution in [3.63, 3.8) is 0 Å². The number of carbonyl (C=O) groups is 2. The fourth-order valence-corrected chi connectivity index (χ4v) is 5.62. The first-order valence-corrected chi connectivity index (χ1v) is 11.6. The van der Waals surface area contributed by atoms with Crippen LogP contribution in [0, 0.1) is 11.8 Å². The zero-order valence-corrected chi connectivity index (χ0v) is 17.7. The molecule has 1 aliphatic carbocycles. The Bertz CT molecular complexity index is 699. The molecule has 1 saturated carbocycles. The first kappa shape index (κ1) is 20.4. The van der Waals surface area contributed by atoms with E-state index in [-0.39, 0.29) is 23.9 Å². The van der Waals surface area contributed by atoms with E-state index in [1.165, 1.54) is 6.42 Å². The van der Waals surface area contributed by atoms with Crippen molar-refractivity contribution < 1.29 is 9.59 Å². The van der Waals surface area contributed by atoms with Gasteiger partial charge in [-0.05, 0) is 69.2 Å². The van der Waals surface area contributed by atoms with Gasteiger partial charge in [0.25, 0.3) is 5.91 Å². The molecule has 2 saturated heterocycles. The predicted molar refractivity (Wildman–Crippen MR) is 115 cm³/mol. The fraction of sp³-hybridized carbons (Fsp3) is 0.667. The van der Waals surface area contributed by atoms with E-state index in [1.807, 2.05) is 40.1 Å². The smallest absolute Gasteiger partial charge is 0.254 e. The van der Waals surface area contributed by atoms with Gasteiger partial charge in [-0.1, -0.05) is 38.0 Å². The van der Waals surface area contributed by atoms with Crippen LogP contribution in [0.2, 0.25) is 0 Å². The first-order chi connectivity index (χ1) is 14.2. The monoisotopic (exact) mass is 397 g/mol. The molecule has 5 nitrogen and oxygen atoms in total. The molecular formula is C24H35N3O2. The van der Waals surface area contributed by atoms with E-state index >= 15 is 0 Å². The molecule has 3 aliphatic rings. The first-order valence-electron chi connectivity index (χ1n) is 11.6. The number of fused-ring (bicyclic) bond motifs is 1. The Hall–Kier alpha value is -1.88. The zero-order chi connectivity index (χ0) is 20.2. The Morgan fingerprint density at radius 2 is 1.76 bits per heavy atom. The van der Waals surface area contributed by atoms with Crippen molar-refractivity contribution in [1.82, 2.24) is 15.1 Å². The fourth-order valence-electron chi connectivity index (χ4n) is 5.62. The standard InChI is InChI=1S/C24H35N3O2/c1-2-25-17-18-12-14-26(15-13-18)24(29)22-16-20-10-6-7-11-21(20)27(22)23(28)19-8-4-3-5-9-19/h3-5,8-9,18,20-22,25H,2,6-7,10-17H2,1H3. The summed E-state index contributed by atoms with van der Waals surface area (Å²) >= 11 is 0. The highest BCUT2D eigenvalue weighted by Gasteiger charge is 2.48. The summed E-state index contributed by atoms with van der Waals surface area (Å²) in [6.45, 7) is 5.84. The molecule has 4 rings (SSSR count). The molecule has 1 aromatic carbocycles.